The van der Waals surface area contributed by atoms with E-state index in [4.69, 9.17) is 0 Å². The van der Waals surface area contributed by atoms with Crippen molar-refractivity contribution in [3.05, 3.63) is 11.1 Å². The molecule has 2 N–H and O–H groups in total. The molecule has 0 aliphatic carbocycles. The van der Waals surface area contributed by atoms with E-state index >= 15 is 0 Å². The number of aromatic nitrogens is 1. The summed E-state index contributed by atoms with van der Waals surface area (Å²) in [5.74, 6) is 1.34. The highest BCUT2D eigenvalue weighted by Crippen LogP contribution is 2.30. The number of rotatable bonds is 2. The second-order valence-corrected chi connectivity index (χ2v) is 7.97. The van der Waals surface area contributed by atoms with Crippen LogP contribution in [0.1, 0.15) is 39.3 Å². The molecular weight excluding hydrogens is 280 g/mol. The van der Waals surface area contributed by atoms with E-state index < -0.39 is 5.60 Å². The van der Waals surface area contributed by atoms with Gasteiger partial charge in [0, 0.05) is 10.8 Å². The Balaban J connectivity index is 2.04. The molecule has 106 valence electrons. The molecule has 1 saturated heterocycles. The minimum absolute atomic E-state index is 0.0299. The summed E-state index contributed by atoms with van der Waals surface area (Å²) < 4.78 is 0. The Morgan fingerprint density at radius 1 is 1.42 bits per heavy atom. The molecule has 2 rings (SSSR count). The van der Waals surface area contributed by atoms with Gasteiger partial charge >= 0.3 is 0 Å². The van der Waals surface area contributed by atoms with Gasteiger partial charge in [0.05, 0.1) is 5.69 Å². The number of thiazole rings is 1. The van der Waals surface area contributed by atoms with Crippen LogP contribution in [-0.2, 0) is 10.2 Å². The first-order valence-corrected chi connectivity index (χ1v) is 8.42. The first kappa shape index (κ1) is 14.8. The van der Waals surface area contributed by atoms with Crippen LogP contribution in [0, 0.1) is 0 Å². The van der Waals surface area contributed by atoms with E-state index in [0.29, 0.717) is 18.0 Å². The maximum Gasteiger partial charge on any atom is 0.258 e. The molecule has 1 aliphatic heterocycles. The number of hydrogen-bond donors (Lipinski definition) is 2. The van der Waals surface area contributed by atoms with E-state index in [2.05, 4.69) is 31.1 Å². The Bertz CT molecular complexity index is 459. The summed E-state index contributed by atoms with van der Waals surface area (Å²) >= 11 is 3.18. The Morgan fingerprint density at radius 3 is 2.58 bits per heavy atom. The summed E-state index contributed by atoms with van der Waals surface area (Å²) in [5.41, 5.74) is -0.296. The highest BCUT2D eigenvalue weighted by atomic mass is 32.2. The highest BCUT2D eigenvalue weighted by molar-refractivity contribution is 7.99. The summed E-state index contributed by atoms with van der Waals surface area (Å²) in [5, 5.41) is 15.6. The van der Waals surface area contributed by atoms with Gasteiger partial charge in [-0.2, -0.15) is 11.8 Å². The number of amides is 1. The summed E-state index contributed by atoms with van der Waals surface area (Å²) in [7, 11) is 0. The van der Waals surface area contributed by atoms with E-state index in [9.17, 15) is 9.90 Å². The van der Waals surface area contributed by atoms with Gasteiger partial charge in [-0.1, -0.05) is 20.8 Å². The molecule has 1 aromatic heterocycles. The summed E-state index contributed by atoms with van der Waals surface area (Å²) in [6.07, 6.45) is 1.03. The molecule has 0 saturated carbocycles. The SMILES string of the molecule is CC(C)(C)c1csc(NC(=O)C2(O)CCSCC2)n1. The third-order valence-corrected chi connectivity index (χ3v) is 4.98. The van der Waals surface area contributed by atoms with Crippen molar-refractivity contribution in [2.45, 2.75) is 44.6 Å². The molecule has 0 radical (unpaired) electrons. The number of anilines is 1. The van der Waals surface area contributed by atoms with E-state index in [0.717, 1.165) is 17.2 Å². The molecule has 1 amide bonds. The van der Waals surface area contributed by atoms with Gasteiger partial charge in [-0.3, -0.25) is 10.1 Å². The third-order valence-electron chi connectivity index (χ3n) is 3.24. The zero-order valence-electron chi connectivity index (χ0n) is 11.5. The van der Waals surface area contributed by atoms with E-state index in [1.165, 1.54) is 11.3 Å². The van der Waals surface area contributed by atoms with Gasteiger partial charge in [-0.25, -0.2) is 4.98 Å². The van der Waals surface area contributed by atoms with Crippen molar-refractivity contribution in [3.63, 3.8) is 0 Å². The minimum atomic E-state index is -1.22. The molecule has 2 heterocycles. The maximum absolute atomic E-state index is 12.1. The van der Waals surface area contributed by atoms with Crippen LogP contribution in [0.4, 0.5) is 5.13 Å². The predicted octanol–water partition coefficient (Wildman–Crippen LogP) is 2.64. The number of carbonyl (C=O) groups excluding carboxylic acids is 1. The van der Waals surface area contributed by atoms with Crippen molar-refractivity contribution >= 4 is 34.1 Å². The highest BCUT2D eigenvalue weighted by Gasteiger charge is 2.37. The Labute approximate surface area is 122 Å². The van der Waals surface area contributed by atoms with Crippen LogP contribution in [0.3, 0.4) is 0 Å². The molecule has 1 aromatic rings. The lowest BCUT2D eigenvalue weighted by Crippen LogP contribution is -2.45. The lowest BCUT2D eigenvalue weighted by atomic mass is 9.93. The Hall–Kier alpha value is -0.590. The number of hydrogen-bond acceptors (Lipinski definition) is 5. The van der Waals surface area contributed by atoms with Crippen LogP contribution in [0.25, 0.3) is 0 Å². The van der Waals surface area contributed by atoms with Crippen molar-refractivity contribution in [2.75, 3.05) is 16.8 Å². The molecule has 0 atom stereocenters. The van der Waals surface area contributed by atoms with Gasteiger partial charge < -0.3 is 5.11 Å². The largest absolute Gasteiger partial charge is 0.380 e. The standard InChI is InChI=1S/C13H20N2O2S2/c1-12(2,3)9-8-19-11(14-9)15-10(16)13(17)4-6-18-7-5-13/h8,17H,4-7H2,1-3H3,(H,14,15,16). The third kappa shape index (κ3) is 3.49. The molecule has 0 aromatic carbocycles. The molecular formula is C13H20N2O2S2. The van der Waals surface area contributed by atoms with E-state index in [1.807, 2.05) is 5.38 Å². The normalized spacial score (nSPS) is 19.2. The molecule has 1 fully saturated rings. The fraction of sp³-hybridized carbons (Fsp3) is 0.692. The molecule has 0 bridgehead atoms. The van der Waals surface area contributed by atoms with Crippen molar-refractivity contribution in [1.29, 1.82) is 0 Å². The topological polar surface area (TPSA) is 62.2 Å². The van der Waals surface area contributed by atoms with E-state index in [1.54, 1.807) is 11.8 Å². The average Bonchev–Trinajstić information content (AvgIpc) is 2.78. The maximum atomic E-state index is 12.1. The van der Waals surface area contributed by atoms with Crippen molar-refractivity contribution < 1.29 is 9.90 Å². The number of aliphatic hydroxyl groups is 1. The Kier molecular flexibility index (Phi) is 4.23. The smallest absolute Gasteiger partial charge is 0.258 e. The van der Waals surface area contributed by atoms with Crippen LogP contribution < -0.4 is 5.32 Å². The summed E-state index contributed by atoms with van der Waals surface area (Å²) in [4.78, 5) is 16.6. The zero-order valence-corrected chi connectivity index (χ0v) is 13.2. The van der Waals surface area contributed by atoms with Crippen LogP contribution in [-0.4, -0.2) is 33.1 Å². The van der Waals surface area contributed by atoms with Crippen molar-refractivity contribution in [1.82, 2.24) is 4.98 Å². The molecule has 6 heteroatoms. The minimum Gasteiger partial charge on any atom is -0.380 e. The van der Waals surface area contributed by atoms with Gasteiger partial charge in [0.1, 0.15) is 5.60 Å². The average molecular weight is 300 g/mol. The van der Waals surface area contributed by atoms with Crippen LogP contribution in [0.5, 0.6) is 0 Å². The van der Waals surface area contributed by atoms with Crippen molar-refractivity contribution in [2.24, 2.45) is 0 Å². The summed E-state index contributed by atoms with van der Waals surface area (Å²) in [6.45, 7) is 6.25. The van der Waals surface area contributed by atoms with Gasteiger partial charge in [0.25, 0.3) is 5.91 Å². The summed E-state index contributed by atoms with van der Waals surface area (Å²) in [6, 6.07) is 0. The lowest BCUT2D eigenvalue weighted by molar-refractivity contribution is -0.134. The fourth-order valence-corrected chi connectivity index (χ4v) is 3.93. The first-order chi connectivity index (χ1) is 8.81. The molecule has 1 aliphatic rings. The van der Waals surface area contributed by atoms with Gasteiger partial charge in [0.2, 0.25) is 0 Å². The number of carbonyl (C=O) groups is 1. The second-order valence-electron chi connectivity index (χ2n) is 5.89. The Morgan fingerprint density at radius 2 is 2.05 bits per heavy atom. The fourth-order valence-electron chi connectivity index (χ4n) is 1.83. The number of nitrogens with one attached hydrogen (secondary N) is 1. The predicted molar refractivity (Wildman–Crippen MR) is 81.0 cm³/mol. The lowest BCUT2D eigenvalue weighted by Gasteiger charge is -2.29. The van der Waals surface area contributed by atoms with Gasteiger partial charge in [-0.05, 0) is 24.3 Å². The number of nitrogens with zero attached hydrogens (tertiary/aromatic N) is 1. The van der Waals surface area contributed by atoms with Crippen molar-refractivity contribution in [3.8, 4) is 0 Å². The molecule has 4 nitrogen and oxygen atoms in total. The van der Waals surface area contributed by atoms with Crippen LogP contribution >= 0.6 is 23.1 Å². The number of thioether (sulfide) groups is 1. The molecule has 19 heavy (non-hydrogen) atoms. The van der Waals surface area contributed by atoms with Gasteiger partial charge in [-0.15, -0.1) is 11.3 Å². The first-order valence-electron chi connectivity index (χ1n) is 6.39. The van der Waals surface area contributed by atoms with E-state index in [-0.39, 0.29) is 11.3 Å². The quantitative estimate of drug-likeness (QED) is 0.881. The monoisotopic (exact) mass is 300 g/mol. The zero-order chi connectivity index (χ0) is 14.1. The second kappa shape index (κ2) is 5.42. The van der Waals surface area contributed by atoms with Crippen LogP contribution in [0.2, 0.25) is 0 Å². The molecule has 0 unspecified atom stereocenters. The van der Waals surface area contributed by atoms with Crippen LogP contribution in [0.15, 0.2) is 5.38 Å². The van der Waals surface area contributed by atoms with Gasteiger partial charge in [0.15, 0.2) is 5.13 Å². The molecule has 0 spiro atoms.